The highest BCUT2D eigenvalue weighted by molar-refractivity contribution is 6.31. The number of carbonyl (C=O) groups is 1. The molecular formula is C20H18ClN3O2. The number of nitrogens with zero attached hydrogens (tertiary/aromatic N) is 1. The second-order valence-corrected chi connectivity index (χ2v) is 6.80. The molecule has 0 saturated heterocycles. The smallest absolute Gasteiger partial charge is 0.253 e. The van der Waals surface area contributed by atoms with Crippen molar-refractivity contribution in [3.8, 4) is 0 Å². The summed E-state index contributed by atoms with van der Waals surface area (Å²) in [6.07, 6.45) is 0.453. The third-order valence-corrected chi connectivity index (χ3v) is 4.94. The molecule has 0 atom stereocenters. The normalized spacial score (nSPS) is 13.3. The van der Waals surface area contributed by atoms with Crippen molar-refractivity contribution in [2.24, 2.45) is 0 Å². The van der Waals surface area contributed by atoms with Crippen molar-refractivity contribution >= 4 is 39.8 Å². The van der Waals surface area contributed by atoms with Crippen LogP contribution in [0, 0.1) is 0 Å². The average molecular weight is 368 g/mol. The molecule has 1 aliphatic heterocycles. The fourth-order valence-corrected chi connectivity index (χ4v) is 3.55. The molecule has 0 radical (unpaired) electrons. The van der Waals surface area contributed by atoms with Crippen molar-refractivity contribution < 1.29 is 4.79 Å². The third-order valence-electron chi connectivity index (χ3n) is 4.70. The van der Waals surface area contributed by atoms with Crippen LogP contribution in [0.5, 0.6) is 0 Å². The number of amides is 1. The minimum Gasteiger partial charge on any atom is -0.381 e. The number of hydrogen-bond acceptors (Lipinski definition) is 3. The van der Waals surface area contributed by atoms with Crippen LogP contribution in [0.1, 0.15) is 18.1 Å². The number of anilines is 2. The number of likely N-dealkylation sites (N-methyl/N-ethyl adjacent to an activating group) is 1. The van der Waals surface area contributed by atoms with E-state index in [1.165, 1.54) is 0 Å². The predicted molar refractivity (Wildman–Crippen MR) is 105 cm³/mol. The Labute approximate surface area is 155 Å². The van der Waals surface area contributed by atoms with Gasteiger partial charge in [0.1, 0.15) is 0 Å². The predicted octanol–water partition coefficient (Wildman–Crippen LogP) is 3.70. The number of pyridine rings is 1. The van der Waals surface area contributed by atoms with Crippen LogP contribution in [-0.2, 0) is 17.8 Å². The van der Waals surface area contributed by atoms with Crippen molar-refractivity contribution in [2.75, 3.05) is 16.8 Å². The molecule has 0 aliphatic carbocycles. The van der Waals surface area contributed by atoms with Gasteiger partial charge >= 0.3 is 0 Å². The van der Waals surface area contributed by atoms with Gasteiger partial charge in [-0.15, -0.1) is 0 Å². The molecule has 2 heterocycles. The maximum Gasteiger partial charge on any atom is 0.253 e. The van der Waals surface area contributed by atoms with Gasteiger partial charge in [-0.1, -0.05) is 17.7 Å². The second kappa shape index (κ2) is 6.50. The number of halogens is 1. The van der Waals surface area contributed by atoms with Crippen molar-refractivity contribution in [3.63, 3.8) is 0 Å². The Bertz CT molecular complexity index is 1070. The van der Waals surface area contributed by atoms with Crippen LogP contribution >= 0.6 is 11.6 Å². The zero-order valence-corrected chi connectivity index (χ0v) is 15.1. The quantitative estimate of drug-likeness (QED) is 0.739. The van der Waals surface area contributed by atoms with E-state index in [0.29, 0.717) is 30.1 Å². The van der Waals surface area contributed by atoms with Gasteiger partial charge in [-0.2, -0.15) is 0 Å². The summed E-state index contributed by atoms with van der Waals surface area (Å²) < 4.78 is 0. The summed E-state index contributed by atoms with van der Waals surface area (Å²) >= 11 is 6.04. The van der Waals surface area contributed by atoms with Crippen molar-refractivity contribution in [1.82, 2.24) is 4.98 Å². The third kappa shape index (κ3) is 2.95. The van der Waals surface area contributed by atoms with Crippen molar-refractivity contribution in [1.29, 1.82) is 0 Å². The van der Waals surface area contributed by atoms with Gasteiger partial charge in [-0.25, -0.2) is 0 Å². The lowest BCUT2D eigenvalue weighted by molar-refractivity contribution is -0.117. The molecule has 4 rings (SSSR count). The van der Waals surface area contributed by atoms with Crippen LogP contribution < -0.4 is 15.8 Å². The zero-order valence-electron chi connectivity index (χ0n) is 14.3. The molecule has 1 amide bonds. The maximum atomic E-state index is 12.3. The summed E-state index contributed by atoms with van der Waals surface area (Å²) in [5, 5.41) is 4.80. The monoisotopic (exact) mass is 367 g/mol. The van der Waals surface area contributed by atoms with Gasteiger partial charge in [-0.3, -0.25) is 9.59 Å². The lowest BCUT2D eigenvalue weighted by Gasteiger charge is -2.16. The molecular weight excluding hydrogens is 350 g/mol. The highest BCUT2D eigenvalue weighted by atomic mass is 35.5. The highest BCUT2D eigenvalue weighted by Gasteiger charge is 2.25. The van der Waals surface area contributed by atoms with E-state index in [9.17, 15) is 9.59 Å². The molecule has 6 heteroatoms. The molecule has 3 aromatic rings. The topological polar surface area (TPSA) is 65.2 Å². The first-order chi connectivity index (χ1) is 12.5. The number of carbonyl (C=O) groups excluding carboxylic acids is 1. The maximum absolute atomic E-state index is 12.3. The second-order valence-electron chi connectivity index (χ2n) is 6.37. The van der Waals surface area contributed by atoms with E-state index in [2.05, 4.69) is 10.3 Å². The van der Waals surface area contributed by atoms with E-state index in [-0.39, 0.29) is 11.5 Å². The molecule has 132 valence electrons. The van der Waals surface area contributed by atoms with E-state index in [1.54, 1.807) is 17.0 Å². The molecule has 26 heavy (non-hydrogen) atoms. The summed E-state index contributed by atoms with van der Waals surface area (Å²) in [5.41, 5.74) is 4.13. The van der Waals surface area contributed by atoms with Gasteiger partial charge in [-0.05, 0) is 48.9 Å². The van der Waals surface area contributed by atoms with Gasteiger partial charge in [0.15, 0.2) is 0 Å². The SMILES string of the molecule is CCN1C(=O)Cc2ccc(NCc3cc4cc(Cl)ccc4[nH]c3=O)cc21. The summed E-state index contributed by atoms with van der Waals surface area (Å²) in [6.45, 7) is 3.00. The summed E-state index contributed by atoms with van der Waals surface area (Å²) in [5.74, 6) is 0.127. The van der Waals surface area contributed by atoms with Crippen LogP contribution in [0.25, 0.3) is 10.9 Å². The summed E-state index contributed by atoms with van der Waals surface area (Å²) in [7, 11) is 0. The van der Waals surface area contributed by atoms with Gasteiger partial charge in [0.25, 0.3) is 5.56 Å². The number of hydrogen-bond donors (Lipinski definition) is 2. The van der Waals surface area contributed by atoms with E-state index >= 15 is 0 Å². The standard InChI is InChI=1S/C20H18ClN3O2/c1-2-24-18-10-16(5-3-12(18)9-19(24)25)22-11-14-7-13-8-15(21)4-6-17(13)23-20(14)26/h3-8,10,22H,2,9,11H2,1H3,(H,23,26). The Morgan fingerprint density at radius 1 is 1.15 bits per heavy atom. The van der Waals surface area contributed by atoms with E-state index < -0.39 is 0 Å². The van der Waals surface area contributed by atoms with Crippen molar-refractivity contribution in [3.05, 3.63) is 69.0 Å². The first-order valence-corrected chi connectivity index (χ1v) is 8.91. The van der Waals surface area contributed by atoms with Crippen LogP contribution in [0.15, 0.2) is 47.3 Å². The zero-order chi connectivity index (χ0) is 18.3. The lowest BCUT2D eigenvalue weighted by atomic mass is 10.1. The van der Waals surface area contributed by atoms with Gasteiger partial charge in [0, 0.05) is 46.0 Å². The Morgan fingerprint density at radius 3 is 2.81 bits per heavy atom. The molecule has 0 fully saturated rings. The lowest BCUT2D eigenvalue weighted by Crippen LogP contribution is -2.25. The minimum absolute atomic E-state index is 0.126. The number of aromatic nitrogens is 1. The van der Waals surface area contributed by atoms with Gasteiger partial charge in [0.05, 0.1) is 6.42 Å². The number of aromatic amines is 1. The molecule has 2 N–H and O–H groups in total. The fraction of sp³-hybridized carbons (Fsp3) is 0.200. The Balaban J connectivity index is 1.59. The number of nitrogens with one attached hydrogen (secondary N) is 2. The Hall–Kier alpha value is -2.79. The fourth-order valence-electron chi connectivity index (χ4n) is 3.37. The van der Waals surface area contributed by atoms with E-state index in [0.717, 1.165) is 27.8 Å². The van der Waals surface area contributed by atoms with Crippen LogP contribution in [0.3, 0.4) is 0 Å². The van der Waals surface area contributed by atoms with Crippen LogP contribution in [0.2, 0.25) is 5.02 Å². The first kappa shape index (κ1) is 16.7. The Morgan fingerprint density at radius 2 is 2.00 bits per heavy atom. The van der Waals surface area contributed by atoms with Crippen molar-refractivity contribution in [2.45, 2.75) is 19.9 Å². The number of fused-ring (bicyclic) bond motifs is 2. The molecule has 0 spiro atoms. The van der Waals surface area contributed by atoms with Gasteiger partial charge in [0.2, 0.25) is 5.91 Å². The summed E-state index contributed by atoms with van der Waals surface area (Å²) in [4.78, 5) is 28.9. The molecule has 1 aromatic heterocycles. The summed E-state index contributed by atoms with van der Waals surface area (Å²) in [6, 6.07) is 13.1. The number of H-pyrrole nitrogens is 1. The van der Waals surface area contributed by atoms with E-state index in [4.69, 9.17) is 11.6 Å². The van der Waals surface area contributed by atoms with Crippen LogP contribution in [-0.4, -0.2) is 17.4 Å². The molecule has 0 bridgehead atoms. The number of benzene rings is 2. The molecule has 1 aliphatic rings. The van der Waals surface area contributed by atoms with Gasteiger partial charge < -0.3 is 15.2 Å². The molecule has 5 nitrogen and oxygen atoms in total. The van der Waals surface area contributed by atoms with Crippen LogP contribution in [0.4, 0.5) is 11.4 Å². The molecule has 0 saturated carbocycles. The average Bonchev–Trinajstić information content (AvgIpc) is 2.94. The molecule has 0 unspecified atom stereocenters. The highest BCUT2D eigenvalue weighted by Crippen LogP contribution is 2.31. The van der Waals surface area contributed by atoms with E-state index in [1.807, 2.05) is 37.3 Å². The number of rotatable bonds is 4. The largest absolute Gasteiger partial charge is 0.381 e. The first-order valence-electron chi connectivity index (χ1n) is 8.54. The minimum atomic E-state index is -0.126. The Kier molecular flexibility index (Phi) is 4.17. The molecule has 2 aromatic carbocycles.